The number of H-pyrrole nitrogens is 1. The van der Waals surface area contributed by atoms with E-state index >= 15 is 0 Å². The molecule has 0 aliphatic rings. The highest BCUT2D eigenvalue weighted by molar-refractivity contribution is 5.94. The fraction of sp³-hybridized carbons (Fsp3) is 0.105. The second-order valence-electron chi connectivity index (χ2n) is 5.73. The monoisotopic (exact) mass is 355 g/mol. The van der Waals surface area contributed by atoms with Crippen LogP contribution in [0.3, 0.4) is 0 Å². The molecule has 132 valence electrons. The van der Waals surface area contributed by atoms with Gasteiger partial charge in [-0.2, -0.15) is 0 Å². The molecule has 0 fully saturated rings. The number of aromatic nitrogens is 2. The van der Waals surface area contributed by atoms with E-state index in [2.05, 4.69) is 15.3 Å². The highest BCUT2D eigenvalue weighted by Gasteiger charge is 2.23. The minimum Gasteiger partial charge on any atom is -0.339 e. The second kappa shape index (κ2) is 7.26. The lowest BCUT2D eigenvalue weighted by Crippen LogP contribution is -2.31. The van der Waals surface area contributed by atoms with Crippen molar-refractivity contribution < 1.29 is 13.6 Å². The number of rotatable bonds is 4. The minimum atomic E-state index is -0.995. The van der Waals surface area contributed by atoms with E-state index in [0.717, 1.165) is 0 Å². The summed E-state index contributed by atoms with van der Waals surface area (Å²) in [5, 5.41) is 2.64. The fourth-order valence-electron chi connectivity index (χ4n) is 2.47. The molecule has 0 saturated carbocycles. The van der Waals surface area contributed by atoms with Gasteiger partial charge in [-0.05, 0) is 42.3 Å². The van der Waals surface area contributed by atoms with Crippen molar-refractivity contribution in [3.8, 4) is 0 Å². The molecule has 2 heterocycles. The maximum Gasteiger partial charge on any atom is 0.253 e. The van der Waals surface area contributed by atoms with E-state index in [-0.39, 0.29) is 16.8 Å². The molecule has 0 aliphatic carbocycles. The van der Waals surface area contributed by atoms with Crippen LogP contribution in [0, 0.1) is 18.6 Å². The first kappa shape index (κ1) is 17.5. The first-order valence-corrected chi connectivity index (χ1v) is 7.82. The molecular formula is C19H15F2N3O2. The third kappa shape index (κ3) is 3.66. The van der Waals surface area contributed by atoms with Gasteiger partial charge < -0.3 is 10.3 Å². The first-order chi connectivity index (χ1) is 12.5. The van der Waals surface area contributed by atoms with E-state index in [1.165, 1.54) is 42.7 Å². The van der Waals surface area contributed by atoms with Gasteiger partial charge in [0.25, 0.3) is 5.91 Å². The standard InChI is InChI=1S/C19H15F2N3O2/c1-11-4-5-12(9-15(11)21)17(18-14(20)3-2-8-22-18)24-19(26)13-6-7-16(25)23-10-13/h2-10,17H,1H3,(H,23,25)(H,24,26). The van der Waals surface area contributed by atoms with E-state index in [0.29, 0.717) is 11.1 Å². The molecule has 1 amide bonds. The molecule has 7 heteroatoms. The van der Waals surface area contributed by atoms with Gasteiger partial charge in [-0.1, -0.05) is 12.1 Å². The molecule has 0 bridgehead atoms. The van der Waals surface area contributed by atoms with Crippen LogP contribution in [0.1, 0.15) is 33.2 Å². The Morgan fingerprint density at radius 1 is 1.15 bits per heavy atom. The number of carbonyl (C=O) groups excluding carboxylic acids is 1. The van der Waals surface area contributed by atoms with Gasteiger partial charge in [-0.3, -0.25) is 14.6 Å². The summed E-state index contributed by atoms with van der Waals surface area (Å²) >= 11 is 0. The molecule has 0 aliphatic heterocycles. The summed E-state index contributed by atoms with van der Waals surface area (Å²) in [6, 6.07) is 8.58. The molecule has 0 radical (unpaired) electrons. The van der Waals surface area contributed by atoms with Crippen LogP contribution in [0.4, 0.5) is 8.78 Å². The van der Waals surface area contributed by atoms with Crippen molar-refractivity contribution in [1.29, 1.82) is 0 Å². The molecule has 26 heavy (non-hydrogen) atoms. The largest absolute Gasteiger partial charge is 0.339 e. The average Bonchev–Trinajstić information content (AvgIpc) is 2.63. The number of carbonyl (C=O) groups is 1. The molecule has 1 atom stereocenters. The summed E-state index contributed by atoms with van der Waals surface area (Å²) in [4.78, 5) is 30.0. The van der Waals surface area contributed by atoms with Gasteiger partial charge in [0.1, 0.15) is 17.3 Å². The first-order valence-electron chi connectivity index (χ1n) is 7.82. The normalized spacial score (nSPS) is 11.8. The maximum atomic E-state index is 14.3. The number of nitrogens with one attached hydrogen (secondary N) is 2. The van der Waals surface area contributed by atoms with Gasteiger partial charge in [-0.25, -0.2) is 8.78 Å². The van der Waals surface area contributed by atoms with Gasteiger partial charge in [-0.15, -0.1) is 0 Å². The van der Waals surface area contributed by atoms with Crippen LogP contribution in [0.15, 0.2) is 59.7 Å². The van der Waals surface area contributed by atoms with Gasteiger partial charge in [0, 0.05) is 18.5 Å². The third-order valence-electron chi connectivity index (χ3n) is 3.91. The Kier molecular flexibility index (Phi) is 4.88. The van der Waals surface area contributed by atoms with Crippen LogP contribution in [0.2, 0.25) is 0 Å². The number of aryl methyl sites for hydroxylation is 1. The van der Waals surface area contributed by atoms with Gasteiger partial charge in [0.05, 0.1) is 11.6 Å². The van der Waals surface area contributed by atoms with E-state index in [1.54, 1.807) is 19.1 Å². The molecule has 0 spiro atoms. The number of hydrogen-bond donors (Lipinski definition) is 2. The predicted molar refractivity (Wildman–Crippen MR) is 91.7 cm³/mol. The summed E-state index contributed by atoms with van der Waals surface area (Å²) in [5.74, 6) is -1.65. The predicted octanol–water partition coefficient (Wildman–Crippen LogP) is 2.88. The molecule has 1 aromatic carbocycles. The second-order valence-corrected chi connectivity index (χ2v) is 5.73. The molecular weight excluding hydrogens is 340 g/mol. The zero-order valence-electron chi connectivity index (χ0n) is 13.8. The Bertz CT molecular complexity index is 997. The van der Waals surface area contributed by atoms with Crippen molar-refractivity contribution in [1.82, 2.24) is 15.3 Å². The van der Waals surface area contributed by atoms with Crippen molar-refractivity contribution in [2.45, 2.75) is 13.0 Å². The average molecular weight is 355 g/mol. The summed E-state index contributed by atoms with van der Waals surface area (Å²) in [5.41, 5.74) is 0.575. The lowest BCUT2D eigenvalue weighted by Gasteiger charge is -2.20. The van der Waals surface area contributed by atoms with E-state index in [4.69, 9.17) is 0 Å². The zero-order valence-corrected chi connectivity index (χ0v) is 13.8. The molecule has 1 unspecified atom stereocenters. The molecule has 3 aromatic rings. The lowest BCUT2D eigenvalue weighted by molar-refractivity contribution is 0.0941. The van der Waals surface area contributed by atoms with Crippen molar-refractivity contribution in [3.05, 3.63) is 99.2 Å². The molecule has 2 N–H and O–H groups in total. The van der Waals surface area contributed by atoms with Crippen molar-refractivity contribution in [3.63, 3.8) is 0 Å². The van der Waals surface area contributed by atoms with E-state index in [1.807, 2.05) is 0 Å². The quantitative estimate of drug-likeness (QED) is 0.756. The number of pyridine rings is 2. The van der Waals surface area contributed by atoms with Crippen LogP contribution in [-0.4, -0.2) is 15.9 Å². The van der Waals surface area contributed by atoms with Crippen molar-refractivity contribution in [2.24, 2.45) is 0 Å². The smallest absolute Gasteiger partial charge is 0.253 e. The van der Waals surface area contributed by atoms with Gasteiger partial charge >= 0.3 is 0 Å². The van der Waals surface area contributed by atoms with E-state index < -0.39 is 23.6 Å². The fourth-order valence-corrected chi connectivity index (χ4v) is 2.47. The van der Waals surface area contributed by atoms with Gasteiger partial charge in [0.2, 0.25) is 5.56 Å². The Morgan fingerprint density at radius 3 is 2.62 bits per heavy atom. The number of benzene rings is 1. The Balaban J connectivity index is 2.01. The highest BCUT2D eigenvalue weighted by atomic mass is 19.1. The Hall–Kier alpha value is -3.35. The molecule has 2 aromatic heterocycles. The lowest BCUT2D eigenvalue weighted by atomic mass is 10.0. The molecule has 0 saturated heterocycles. The Morgan fingerprint density at radius 2 is 1.96 bits per heavy atom. The summed E-state index contributed by atoms with van der Waals surface area (Å²) in [6.45, 7) is 1.61. The summed E-state index contributed by atoms with van der Waals surface area (Å²) < 4.78 is 28.2. The van der Waals surface area contributed by atoms with Crippen LogP contribution in [-0.2, 0) is 0 Å². The number of aromatic amines is 1. The molecule has 3 rings (SSSR count). The Labute approximate surface area is 147 Å². The number of amides is 1. The third-order valence-corrected chi connectivity index (χ3v) is 3.91. The van der Waals surface area contributed by atoms with Gasteiger partial charge in [0.15, 0.2) is 0 Å². The maximum absolute atomic E-state index is 14.3. The van der Waals surface area contributed by atoms with E-state index in [9.17, 15) is 18.4 Å². The summed E-state index contributed by atoms with van der Waals surface area (Å²) in [6.07, 6.45) is 2.64. The van der Waals surface area contributed by atoms with Crippen LogP contribution in [0.25, 0.3) is 0 Å². The minimum absolute atomic E-state index is 0.0338. The number of nitrogens with zero attached hydrogens (tertiary/aromatic N) is 1. The molecule has 5 nitrogen and oxygen atoms in total. The van der Waals surface area contributed by atoms with Crippen LogP contribution in [0.5, 0.6) is 0 Å². The van der Waals surface area contributed by atoms with Crippen LogP contribution < -0.4 is 10.9 Å². The number of hydrogen-bond acceptors (Lipinski definition) is 3. The van der Waals surface area contributed by atoms with Crippen molar-refractivity contribution in [2.75, 3.05) is 0 Å². The highest BCUT2D eigenvalue weighted by Crippen LogP contribution is 2.24. The zero-order chi connectivity index (χ0) is 18.7. The summed E-state index contributed by atoms with van der Waals surface area (Å²) in [7, 11) is 0. The topological polar surface area (TPSA) is 74.8 Å². The van der Waals surface area contributed by atoms with Crippen LogP contribution >= 0.6 is 0 Å². The van der Waals surface area contributed by atoms with Crippen molar-refractivity contribution >= 4 is 5.91 Å². The number of halogens is 2. The SMILES string of the molecule is Cc1ccc(C(NC(=O)c2ccc(=O)[nH]c2)c2ncccc2F)cc1F.